The number of pyridine rings is 1. The van der Waals surface area contributed by atoms with Crippen LogP contribution >= 0.6 is 11.3 Å². The summed E-state index contributed by atoms with van der Waals surface area (Å²) in [4.78, 5) is 25.7. The van der Waals surface area contributed by atoms with E-state index in [0.717, 1.165) is 37.3 Å². The number of aryl methyl sites for hydroxylation is 1. The third-order valence-electron chi connectivity index (χ3n) is 6.30. The molecule has 0 saturated heterocycles. The van der Waals surface area contributed by atoms with E-state index in [9.17, 15) is 36.6 Å². The first-order chi connectivity index (χ1) is 18.4. The minimum Gasteiger partial charge on any atom is -0.454 e. The molecule has 6 nitrogen and oxygen atoms in total. The number of rotatable bonds is 6. The zero-order valence-electron chi connectivity index (χ0n) is 22.0. The molecule has 2 aromatic heterocycles. The number of fused-ring (bicyclic) bond motifs is 1. The Labute approximate surface area is 229 Å². The molecule has 2 aromatic carbocycles. The van der Waals surface area contributed by atoms with Gasteiger partial charge in [0.2, 0.25) is 0 Å². The standard InChI is InChI=1S/C28H25F5N2O4S/c1-26(2,38)14-6-8-20(39-21-9-7-15(29)11-19(21)30)16(10-14)18-13-35(5)25(37)17-12-22(40-23(17)18)24(36)34-27(3,4)28(31,32)33/h6-13,38H,1-5H3,(H,34,36). The molecule has 0 saturated carbocycles. The molecule has 0 atom stereocenters. The minimum atomic E-state index is -4.72. The third-order valence-corrected chi connectivity index (χ3v) is 7.47. The fourth-order valence-corrected chi connectivity index (χ4v) is 4.93. The molecule has 2 N–H and O–H groups in total. The highest BCUT2D eigenvalue weighted by atomic mass is 32.1. The summed E-state index contributed by atoms with van der Waals surface area (Å²) in [5.74, 6) is -3.01. The van der Waals surface area contributed by atoms with Gasteiger partial charge in [-0.05, 0) is 63.6 Å². The van der Waals surface area contributed by atoms with E-state index in [0.29, 0.717) is 17.2 Å². The van der Waals surface area contributed by atoms with Crippen LogP contribution in [0, 0.1) is 11.6 Å². The Morgan fingerprint density at radius 1 is 0.975 bits per heavy atom. The van der Waals surface area contributed by atoms with Crippen LogP contribution in [-0.2, 0) is 12.6 Å². The number of aromatic nitrogens is 1. The van der Waals surface area contributed by atoms with Crippen LogP contribution in [0.4, 0.5) is 22.0 Å². The van der Waals surface area contributed by atoms with Gasteiger partial charge in [-0.3, -0.25) is 9.59 Å². The van der Waals surface area contributed by atoms with Gasteiger partial charge in [0.1, 0.15) is 17.1 Å². The van der Waals surface area contributed by atoms with Gasteiger partial charge in [0.25, 0.3) is 11.5 Å². The molecule has 0 aliphatic rings. The van der Waals surface area contributed by atoms with Crippen molar-refractivity contribution in [3.8, 4) is 22.6 Å². The van der Waals surface area contributed by atoms with Crippen LogP contribution < -0.4 is 15.6 Å². The second-order valence-corrected chi connectivity index (χ2v) is 11.4. The zero-order chi connectivity index (χ0) is 29.8. The predicted octanol–water partition coefficient (Wildman–Crippen LogP) is 6.64. The van der Waals surface area contributed by atoms with E-state index in [-0.39, 0.29) is 32.0 Å². The van der Waals surface area contributed by atoms with Gasteiger partial charge in [0, 0.05) is 30.4 Å². The Morgan fingerprint density at radius 3 is 2.23 bits per heavy atom. The first kappa shape index (κ1) is 29.2. The maximum Gasteiger partial charge on any atom is 0.410 e. The number of alkyl halides is 3. The summed E-state index contributed by atoms with van der Waals surface area (Å²) < 4.78 is 75.3. The molecule has 0 radical (unpaired) electrons. The number of thiophene rings is 1. The Hall–Kier alpha value is -3.77. The molecule has 0 fully saturated rings. The molecule has 4 rings (SSSR count). The minimum absolute atomic E-state index is 0.0625. The van der Waals surface area contributed by atoms with Gasteiger partial charge < -0.3 is 19.7 Å². The van der Waals surface area contributed by atoms with E-state index in [2.05, 4.69) is 0 Å². The number of amides is 1. The molecule has 40 heavy (non-hydrogen) atoms. The van der Waals surface area contributed by atoms with Gasteiger partial charge in [-0.1, -0.05) is 6.07 Å². The number of hydrogen-bond donors (Lipinski definition) is 2. The number of nitrogens with zero attached hydrogens (tertiary/aromatic N) is 1. The van der Waals surface area contributed by atoms with E-state index in [1.807, 2.05) is 5.32 Å². The van der Waals surface area contributed by atoms with Crippen LogP contribution in [0.25, 0.3) is 21.2 Å². The summed E-state index contributed by atoms with van der Waals surface area (Å²) in [6, 6.07) is 8.56. The highest BCUT2D eigenvalue weighted by Gasteiger charge is 2.48. The Bertz CT molecular complexity index is 1680. The first-order valence-electron chi connectivity index (χ1n) is 11.9. The lowest BCUT2D eigenvalue weighted by molar-refractivity contribution is -0.182. The van der Waals surface area contributed by atoms with E-state index < -0.39 is 40.4 Å². The van der Waals surface area contributed by atoms with E-state index in [1.165, 1.54) is 29.9 Å². The lowest BCUT2D eigenvalue weighted by Crippen LogP contribution is -2.54. The number of hydrogen-bond acceptors (Lipinski definition) is 5. The lowest BCUT2D eigenvalue weighted by atomic mass is 9.94. The summed E-state index contributed by atoms with van der Waals surface area (Å²) in [5.41, 5.74) is -3.31. The molecule has 0 spiro atoms. The van der Waals surface area contributed by atoms with Crippen LogP contribution in [-0.4, -0.2) is 27.3 Å². The van der Waals surface area contributed by atoms with E-state index in [1.54, 1.807) is 26.0 Å². The maximum atomic E-state index is 14.4. The van der Waals surface area contributed by atoms with E-state index >= 15 is 0 Å². The summed E-state index contributed by atoms with van der Waals surface area (Å²) in [5, 5.41) is 12.7. The fraction of sp³-hybridized carbons (Fsp3) is 0.286. The van der Waals surface area contributed by atoms with Crippen molar-refractivity contribution in [2.75, 3.05) is 0 Å². The largest absolute Gasteiger partial charge is 0.454 e. The second-order valence-electron chi connectivity index (χ2n) is 10.3. The van der Waals surface area contributed by atoms with Gasteiger partial charge in [-0.15, -0.1) is 11.3 Å². The van der Waals surface area contributed by atoms with Crippen molar-refractivity contribution in [3.63, 3.8) is 0 Å². The fourth-order valence-electron chi connectivity index (χ4n) is 3.86. The quantitative estimate of drug-likeness (QED) is 0.251. The molecule has 1 amide bonds. The van der Waals surface area contributed by atoms with Gasteiger partial charge in [-0.25, -0.2) is 8.78 Å². The Kier molecular flexibility index (Phi) is 7.31. The molecule has 0 bridgehead atoms. The molecule has 4 aromatic rings. The van der Waals surface area contributed by atoms with Gasteiger partial charge >= 0.3 is 6.18 Å². The summed E-state index contributed by atoms with van der Waals surface area (Å²) in [6.45, 7) is 4.73. The summed E-state index contributed by atoms with van der Waals surface area (Å²) in [7, 11) is 1.45. The van der Waals surface area contributed by atoms with Crippen LogP contribution in [0.3, 0.4) is 0 Å². The number of ether oxygens (including phenoxy) is 1. The Morgan fingerprint density at radius 2 is 1.62 bits per heavy atom. The van der Waals surface area contributed by atoms with Gasteiger partial charge in [0.05, 0.1) is 20.6 Å². The van der Waals surface area contributed by atoms with Crippen LogP contribution in [0.1, 0.15) is 42.9 Å². The average molecular weight is 581 g/mol. The van der Waals surface area contributed by atoms with Crippen LogP contribution in [0.2, 0.25) is 0 Å². The predicted molar refractivity (Wildman–Crippen MR) is 142 cm³/mol. The second kappa shape index (κ2) is 10.0. The summed E-state index contributed by atoms with van der Waals surface area (Å²) in [6.07, 6.45) is -3.28. The van der Waals surface area contributed by atoms with Crippen molar-refractivity contribution in [3.05, 3.63) is 81.1 Å². The highest BCUT2D eigenvalue weighted by molar-refractivity contribution is 7.21. The topological polar surface area (TPSA) is 80.6 Å². The molecular weight excluding hydrogens is 555 g/mol. The maximum absolute atomic E-state index is 14.4. The van der Waals surface area contributed by atoms with Gasteiger partial charge in [-0.2, -0.15) is 13.2 Å². The van der Waals surface area contributed by atoms with Crippen molar-refractivity contribution in [1.82, 2.24) is 9.88 Å². The first-order valence-corrected chi connectivity index (χ1v) is 12.7. The van der Waals surface area contributed by atoms with Crippen molar-refractivity contribution in [1.29, 1.82) is 0 Å². The molecule has 0 unspecified atom stereocenters. The highest BCUT2D eigenvalue weighted by Crippen LogP contribution is 2.42. The van der Waals surface area contributed by atoms with Gasteiger partial charge in [0.15, 0.2) is 11.6 Å². The number of benzene rings is 2. The van der Waals surface area contributed by atoms with Crippen molar-refractivity contribution in [2.24, 2.45) is 7.05 Å². The average Bonchev–Trinajstić information content (AvgIpc) is 3.28. The third kappa shape index (κ3) is 5.59. The molecule has 0 aliphatic carbocycles. The molecule has 12 heteroatoms. The van der Waals surface area contributed by atoms with Crippen molar-refractivity contribution >= 4 is 27.3 Å². The number of carbonyl (C=O) groups is 1. The monoisotopic (exact) mass is 580 g/mol. The molecular formula is C28H25F5N2O4S. The summed E-state index contributed by atoms with van der Waals surface area (Å²) >= 11 is 0.800. The SMILES string of the molecule is Cn1cc(-c2cc(C(C)(C)O)ccc2Oc2ccc(F)cc2F)c2sc(C(=O)NC(C)(C)C(F)(F)F)cc2c1=O. The number of nitrogens with one attached hydrogen (secondary N) is 1. The smallest absolute Gasteiger partial charge is 0.410 e. The lowest BCUT2D eigenvalue weighted by Gasteiger charge is -2.28. The van der Waals surface area contributed by atoms with Crippen LogP contribution in [0.5, 0.6) is 11.5 Å². The number of carbonyl (C=O) groups excluding carboxylic acids is 1. The number of halogens is 5. The molecule has 0 aliphatic heterocycles. The van der Waals surface area contributed by atoms with E-state index in [4.69, 9.17) is 4.74 Å². The normalized spacial score (nSPS) is 12.6. The van der Waals surface area contributed by atoms with Crippen LogP contribution in [0.15, 0.2) is 53.5 Å². The Balaban J connectivity index is 1.92. The zero-order valence-corrected chi connectivity index (χ0v) is 22.9. The molecule has 212 valence electrons. The van der Waals surface area contributed by atoms with Crippen molar-refractivity contribution < 1.29 is 36.6 Å². The molecule has 2 heterocycles. The number of aliphatic hydroxyl groups is 1. The van der Waals surface area contributed by atoms with Crippen molar-refractivity contribution in [2.45, 2.75) is 45.0 Å².